The molecule has 0 radical (unpaired) electrons. The Bertz CT molecular complexity index is 352. The zero-order valence-corrected chi connectivity index (χ0v) is 11.2. The Morgan fingerprint density at radius 1 is 1.24 bits per heavy atom. The zero-order valence-electron chi connectivity index (χ0n) is 11.2. The van der Waals surface area contributed by atoms with Gasteiger partial charge in [0, 0.05) is 19.4 Å². The summed E-state index contributed by atoms with van der Waals surface area (Å²) < 4.78 is 11.5. The van der Waals surface area contributed by atoms with Gasteiger partial charge in [-0.25, -0.2) is 0 Å². The largest absolute Gasteiger partial charge is 0.463 e. The number of hydrogen-bond acceptors (Lipinski definition) is 2. The summed E-state index contributed by atoms with van der Waals surface area (Å²) in [6.45, 7) is 12.6. The minimum atomic E-state index is -0.642. The van der Waals surface area contributed by atoms with E-state index in [1.54, 1.807) is 0 Å². The van der Waals surface area contributed by atoms with E-state index < -0.39 is 5.79 Å². The Balaban J connectivity index is 2.56. The molecule has 17 heavy (non-hydrogen) atoms. The molecule has 2 nitrogen and oxygen atoms in total. The second-order valence-electron chi connectivity index (χ2n) is 5.00. The molecular weight excluding hydrogens is 212 g/mol. The van der Waals surface area contributed by atoms with E-state index in [0.717, 1.165) is 5.56 Å². The fourth-order valence-electron chi connectivity index (χ4n) is 1.38. The van der Waals surface area contributed by atoms with Crippen LogP contribution in [0.4, 0.5) is 0 Å². The topological polar surface area (TPSA) is 18.5 Å². The quantitative estimate of drug-likeness (QED) is 0.545. The summed E-state index contributed by atoms with van der Waals surface area (Å²) in [4.78, 5) is 0. The van der Waals surface area contributed by atoms with Crippen molar-refractivity contribution in [2.75, 3.05) is 6.61 Å². The molecule has 0 bridgehead atoms. The summed E-state index contributed by atoms with van der Waals surface area (Å²) in [7, 11) is 0. The van der Waals surface area contributed by atoms with Crippen molar-refractivity contribution in [3.8, 4) is 0 Å². The first kappa shape index (κ1) is 13.8. The molecule has 0 aliphatic rings. The molecule has 94 valence electrons. The number of hydrogen-bond donors (Lipinski definition) is 0. The highest BCUT2D eigenvalue weighted by Gasteiger charge is 2.21. The summed E-state index contributed by atoms with van der Waals surface area (Å²) in [5.74, 6) is 0.485. The highest BCUT2D eigenvalue weighted by Crippen LogP contribution is 2.22. The SMILES string of the molecule is C=C(OC(C)(C)OCC(C)C)c1ccccc1. The fourth-order valence-corrected chi connectivity index (χ4v) is 1.38. The molecule has 1 aromatic carbocycles. The molecule has 0 atom stereocenters. The number of ether oxygens (including phenoxy) is 2. The lowest BCUT2D eigenvalue weighted by atomic mass is 10.2. The van der Waals surface area contributed by atoms with Gasteiger partial charge in [0.05, 0.1) is 6.61 Å². The molecule has 0 saturated carbocycles. The normalized spacial score (nSPS) is 11.6. The molecule has 1 rings (SSSR count). The Labute approximate surface area is 104 Å². The van der Waals surface area contributed by atoms with Gasteiger partial charge in [0.2, 0.25) is 5.79 Å². The average Bonchev–Trinajstić information content (AvgIpc) is 2.27. The van der Waals surface area contributed by atoms with Gasteiger partial charge in [-0.2, -0.15) is 0 Å². The van der Waals surface area contributed by atoms with E-state index in [-0.39, 0.29) is 0 Å². The monoisotopic (exact) mass is 234 g/mol. The highest BCUT2D eigenvalue weighted by atomic mass is 16.7. The zero-order chi connectivity index (χ0) is 12.9. The summed E-state index contributed by atoms with van der Waals surface area (Å²) in [5.41, 5.74) is 0.980. The van der Waals surface area contributed by atoms with E-state index in [1.807, 2.05) is 44.2 Å². The first-order chi connectivity index (χ1) is 7.91. The molecule has 0 spiro atoms. The molecule has 0 aliphatic heterocycles. The van der Waals surface area contributed by atoms with E-state index in [4.69, 9.17) is 9.47 Å². The predicted octanol–water partition coefficient (Wildman–Crippen LogP) is 4.08. The van der Waals surface area contributed by atoms with Crippen molar-refractivity contribution >= 4 is 5.76 Å². The molecule has 0 aliphatic carbocycles. The third-order valence-corrected chi connectivity index (χ3v) is 2.23. The Morgan fingerprint density at radius 2 is 1.82 bits per heavy atom. The molecule has 1 aromatic rings. The number of rotatable bonds is 6. The molecule has 0 fully saturated rings. The smallest absolute Gasteiger partial charge is 0.204 e. The van der Waals surface area contributed by atoms with Crippen LogP contribution in [0.3, 0.4) is 0 Å². The van der Waals surface area contributed by atoms with Crippen LogP contribution in [0.2, 0.25) is 0 Å². The van der Waals surface area contributed by atoms with E-state index in [2.05, 4.69) is 20.4 Å². The van der Waals surface area contributed by atoms with Crippen molar-refractivity contribution in [1.29, 1.82) is 0 Å². The van der Waals surface area contributed by atoms with E-state index in [1.165, 1.54) is 0 Å². The maximum atomic E-state index is 5.76. The van der Waals surface area contributed by atoms with Gasteiger partial charge >= 0.3 is 0 Å². The standard InChI is InChI=1S/C15H22O2/c1-12(2)11-16-15(4,5)17-13(3)14-9-7-6-8-10-14/h6-10,12H,3,11H2,1-2,4-5H3. The Kier molecular flexibility index (Phi) is 4.76. The number of benzene rings is 1. The van der Waals surface area contributed by atoms with Crippen LogP contribution in [0.15, 0.2) is 36.9 Å². The second kappa shape index (κ2) is 5.87. The molecule has 0 N–H and O–H groups in total. The molecule has 0 aromatic heterocycles. The van der Waals surface area contributed by atoms with Crippen LogP contribution in [-0.4, -0.2) is 12.4 Å². The summed E-state index contributed by atoms with van der Waals surface area (Å²) in [6.07, 6.45) is 0. The lowest BCUT2D eigenvalue weighted by Gasteiger charge is -2.28. The molecule has 0 amide bonds. The maximum Gasteiger partial charge on any atom is 0.204 e. The lowest BCUT2D eigenvalue weighted by molar-refractivity contribution is -0.178. The van der Waals surface area contributed by atoms with Gasteiger partial charge in [-0.15, -0.1) is 0 Å². The fraction of sp³-hybridized carbons (Fsp3) is 0.467. The van der Waals surface area contributed by atoms with Crippen LogP contribution in [-0.2, 0) is 9.47 Å². The minimum absolute atomic E-state index is 0.489. The van der Waals surface area contributed by atoms with Crippen molar-refractivity contribution in [2.24, 2.45) is 5.92 Å². The van der Waals surface area contributed by atoms with Crippen molar-refractivity contribution in [3.05, 3.63) is 42.5 Å². The first-order valence-electron chi connectivity index (χ1n) is 5.98. The van der Waals surface area contributed by atoms with Gasteiger partial charge in [0.1, 0.15) is 5.76 Å². The molecule has 0 saturated heterocycles. The summed E-state index contributed by atoms with van der Waals surface area (Å²) in [6, 6.07) is 9.84. The lowest BCUT2D eigenvalue weighted by Crippen LogP contribution is -2.29. The average molecular weight is 234 g/mol. The van der Waals surface area contributed by atoms with Gasteiger partial charge < -0.3 is 9.47 Å². The van der Waals surface area contributed by atoms with Crippen molar-refractivity contribution in [2.45, 2.75) is 33.5 Å². The first-order valence-corrected chi connectivity index (χ1v) is 5.98. The van der Waals surface area contributed by atoms with E-state index in [9.17, 15) is 0 Å². The van der Waals surface area contributed by atoms with Gasteiger partial charge in [-0.3, -0.25) is 0 Å². The molecule has 2 heteroatoms. The van der Waals surface area contributed by atoms with Crippen LogP contribution in [0, 0.1) is 5.92 Å². The van der Waals surface area contributed by atoms with Crippen LogP contribution >= 0.6 is 0 Å². The summed E-state index contributed by atoms with van der Waals surface area (Å²) in [5, 5.41) is 0. The maximum absolute atomic E-state index is 5.76. The summed E-state index contributed by atoms with van der Waals surface area (Å²) >= 11 is 0. The van der Waals surface area contributed by atoms with E-state index >= 15 is 0 Å². The van der Waals surface area contributed by atoms with Crippen LogP contribution in [0.1, 0.15) is 33.3 Å². The van der Waals surface area contributed by atoms with Crippen molar-refractivity contribution in [1.82, 2.24) is 0 Å². The van der Waals surface area contributed by atoms with E-state index in [0.29, 0.717) is 18.3 Å². The molecule has 0 unspecified atom stereocenters. The molecular formula is C15H22O2. The Morgan fingerprint density at radius 3 is 2.35 bits per heavy atom. The molecule has 0 heterocycles. The van der Waals surface area contributed by atoms with Gasteiger partial charge in [-0.1, -0.05) is 50.8 Å². The third kappa shape index (κ3) is 5.05. The third-order valence-electron chi connectivity index (χ3n) is 2.23. The predicted molar refractivity (Wildman–Crippen MR) is 71.4 cm³/mol. The highest BCUT2D eigenvalue weighted by molar-refractivity contribution is 5.57. The van der Waals surface area contributed by atoms with Gasteiger partial charge in [-0.05, 0) is 5.92 Å². The van der Waals surface area contributed by atoms with Crippen molar-refractivity contribution in [3.63, 3.8) is 0 Å². The van der Waals surface area contributed by atoms with Gasteiger partial charge in [0.15, 0.2) is 0 Å². The second-order valence-corrected chi connectivity index (χ2v) is 5.00. The van der Waals surface area contributed by atoms with Crippen molar-refractivity contribution < 1.29 is 9.47 Å². The van der Waals surface area contributed by atoms with Crippen LogP contribution in [0.5, 0.6) is 0 Å². The van der Waals surface area contributed by atoms with Crippen LogP contribution < -0.4 is 0 Å². The minimum Gasteiger partial charge on any atom is -0.463 e. The van der Waals surface area contributed by atoms with Crippen LogP contribution in [0.25, 0.3) is 5.76 Å². The Hall–Kier alpha value is -1.28. The van der Waals surface area contributed by atoms with Gasteiger partial charge in [0.25, 0.3) is 0 Å².